The maximum atomic E-state index is 5.79. The van der Waals surface area contributed by atoms with Gasteiger partial charge >= 0.3 is 0 Å². The molecule has 3 heteroatoms. The quantitative estimate of drug-likeness (QED) is 0.619. The summed E-state index contributed by atoms with van der Waals surface area (Å²) in [5, 5.41) is 3.94. The zero-order valence-electron chi connectivity index (χ0n) is 6.81. The van der Waals surface area contributed by atoms with E-state index in [1.54, 1.807) is 0 Å². The molecule has 0 unspecified atom stereocenters. The molecule has 0 aliphatic carbocycles. The number of fused-ring (bicyclic) bond motifs is 1. The van der Waals surface area contributed by atoms with Crippen molar-refractivity contribution in [3.8, 4) is 0 Å². The van der Waals surface area contributed by atoms with Crippen molar-refractivity contribution in [3.63, 3.8) is 0 Å². The first-order chi connectivity index (χ1) is 5.86. The molecule has 0 aromatic carbocycles. The average molecular weight is 183 g/mol. The number of hydrogen-bond donors (Lipinski definition) is 1. The number of halogens is 1. The summed E-state index contributed by atoms with van der Waals surface area (Å²) in [5.74, 6) is 0. The second-order valence-corrected chi connectivity index (χ2v) is 3.44. The number of rotatable bonds is 0. The smallest absolute Gasteiger partial charge is 0.129 e. The van der Waals surface area contributed by atoms with Crippen molar-refractivity contribution in [1.29, 1.82) is 0 Å². The van der Waals surface area contributed by atoms with Crippen LogP contribution in [0.1, 0.15) is 17.5 Å². The van der Waals surface area contributed by atoms with Crippen LogP contribution in [-0.4, -0.2) is 11.5 Å². The van der Waals surface area contributed by atoms with Crippen LogP contribution in [0, 0.1) is 0 Å². The summed E-state index contributed by atoms with van der Waals surface area (Å²) >= 11 is 5.79. The average Bonchev–Trinajstić information content (AvgIpc) is 2.28. The first kappa shape index (κ1) is 8.02. The van der Waals surface area contributed by atoms with Gasteiger partial charge in [-0.1, -0.05) is 11.6 Å². The van der Waals surface area contributed by atoms with Gasteiger partial charge < -0.3 is 5.32 Å². The van der Waals surface area contributed by atoms with Crippen LogP contribution in [0.5, 0.6) is 0 Å². The minimum absolute atomic E-state index is 0.595. The molecule has 64 valence electrons. The summed E-state index contributed by atoms with van der Waals surface area (Å²) in [7, 11) is 0. The first-order valence-electron chi connectivity index (χ1n) is 4.20. The van der Waals surface area contributed by atoms with Crippen LogP contribution in [0.25, 0.3) is 0 Å². The standard InChI is InChI=1S/C9H11ClN2/c10-9-4-8-5-11-3-1-2-7(8)6-12-9/h4,6,11H,1-3,5H2. The Kier molecular flexibility index (Phi) is 2.28. The molecule has 1 aromatic rings. The van der Waals surface area contributed by atoms with Crippen molar-refractivity contribution in [2.45, 2.75) is 19.4 Å². The fourth-order valence-electron chi connectivity index (χ4n) is 1.51. The predicted octanol–water partition coefficient (Wildman–Crippen LogP) is 1.77. The molecule has 2 heterocycles. The third-order valence-electron chi connectivity index (χ3n) is 2.16. The number of aryl methyl sites for hydroxylation is 1. The van der Waals surface area contributed by atoms with Gasteiger partial charge in [0.1, 0.15) is 5.15 Å². The molecular formula is C9H11ClN2. The lowest BCUT2D eigenvalue weighted by atomic mass is 10.1. The molecule has 2 rings (SSSR count). The highest BCUT2D eigenvalue weighted by atomic mass is 35.5. The third kappa shape index (κ3) is 1.59. The highest BCUT2D eigenvalue weighted by Crippen LogP contribution is 2.16. The summed E-state index contributed by atoms with van der Waals surface area (Å²) in [6.45, 7) is 2.02. The number of nitrogens with one attached hydrogen (secondary N) is 1. The highest BCUT2D eigenvalue weighted by Gasteiger charge is 2.07. The van der Waals surface area contributed by atoms with Crippen LogP contribution in [0.2, 0.25) is 5.15 Å². The van der Waals surface area contributed by atoms with Crippen LogP contribution in [0.15, 0.2) is 12.3 Å². The van der Waals surface area contributed by atoms with E-state index in [1.165, 1.54) is 17.5 Å². The van der Waals surface area contributed by atoms with Gasteiger partial charge in [0.2, 0.25) is 0 Å². The van der Waals surface area contributed by atoms with Gasteiger partial charge in [0.15, 0.2) is 0 Å². The summed E-state index contributed by atoms with van der Waals surface area (Å²) in [4.78, 5) is 4.07. The van der Waals surface area contributed by atoms with E-state index in [-0.39, 0.29) is 0 Å². The second kappa shape index (κ2) is 3.42. The van der Waals surface area contributed by atoms with Crippen LogP contribution < -0.4 is 5.32 Å². The van der Waals surface area contributed by atoms with Crippen molar-refractivity contribution >= 4 is 11.6 Å². The Bertz CT molecular complexity index is 286. The van der Waals surface area contributed by atoms with Gasteiger partial charge in [0.05, 0.1) is 0 Å². The van der Waals surface area contributed by atoms with E-state index >= 15 is 0 Å². The molecule has 0 fully saturated rings. The molecule has 1 N–H and O–H groups in total. The van der Waals surface area contributed by atoms with Gasteiger partial charge in [-0.2, -0.15) is 0 Å². The van der Waals surface area contributed by atoms with Crippen molar-refractivity contribution < 1.29 is 0 Å². The SMILES string of the molecule is Clc1cc2c(cn1)CCCNC2. The molecule has 0 saturated heterocycles. The van der Waals surface area contributed by atoms with Gasteiger partial charge in [-0.15, -0.1) is 0 Å². The molecule has 0 bridgehead atoms. The molecule has 1 aromatic heterocycles. The Morgan fingerprint density at radius 3 is 3.25 bits per heavy atom. The van der Waals surface area contributed by atoms with E-state index in [9.17, 15) is 0 Å². The Morgan fingerprint density at radius 2 is 2.33 bits per heavy atom. The molecular weight excluding hydrogens is 172 g/mol. The zero-order chi connectivity index (χ0) is 8.39. The van der Waals surface area contributed by atoms with Crippen LogP contribution >= 0.6 is 11.6 Å². The maximum absolute atomic E-state index is 5.79. The van der Waals surface area contributed by atoms with Crippen molar-refractivity contribution in [2.24, 2.45) is 0 Å². The van der Waals surface area contributed by atoms with E-state index in [1.807, 2.05) is 12.3 Å². The number of aromatic nitrogens is 1. The fraction of sp³-hybridized carbons (Fsp3) is 0.444. The number of pyridine rings is 1. The number of nitrogens with zero attached hydrogens (tertiary/aromatic N) is 1. The van der Waals surface area contributed by atoms with E-state index in [0.29, 0.717) is 5.15 Å². The topological polar surface area (TPSA) is 24.9 Å². The van der Waals surface area contributed by atoms with Crippen molar-refractivity contribution in [3.05, 3.63) is 28.5 Å². The summed E-state index contributed by atoms with van der Waals surface area (Å²) in [6, 6.07) is 1.95. The minimum Gasteiger partial charge on any atom is -0.313 e. The van der Waals surface area contributed by atoms with E-state index in [4.69, 9.17) is 11.6 Å². The Hall–Kier alpha value is -0.600. The Labute approximate surface area is 77.0 Å². The molecule has 2 nitrogen and oxygen atoms in total. The molecule has 12 heavy (non-hydrogen) atoms. The van der Waals surface area contributed by atoms with Gasteiger partial charge in [-0.25, -0.2) is 4.98 Å². The lowest BCUT2D eigenvalue weighted by molar-refractivity contribution is 0.681. The molecule has 0 spiro atoms. The molecule has 1 aliphatic rings. The summed E-state index contributed by atoms with van der Waals surface area (Å²) < 4.78 is 0. The molecule has 0 amide bonds. The van der Waals surface area contributed by atoms with Gasteiger partial charge in [0.25, 0.3) is 0 Å². The maximum Gasteiger partial charge on any atom is 0.129 e. The van der Waals surface area contributed by atoms with Gasteiger partial charge in [-0.3, -0.25) is 0 Å². The minimum atomic E-state index is 0.595. The van der Waals surface area contributed by atoms with Crippen molar-refractivity contribution in [2.75, 3.05) is 6.54 Å². The second-order valence-electron chi connectivity index (χ2n) is 3.06. The number of hydrogen-bond acceptors (Lipinski definition) is 2. The Morgan fingerprint density at radius 1 is 1.42 bits per heavy atom. The molecule has 0 atom stereocenters. The van der Waals surface area contributed by atoms with Gasteiger partial charge in [-0.05, 0) is 36.6 Å². The van der Waals surface area contributed by atoms with Crippen LogP contribution in [0.4, 0.5) is 0 Å². The largest absolute Gasteiger partial charge is 0.313 e. The summed E-state index contributed by atoms with van der Waals surface area (Å²) in [5.41, 5.74) is 2.64. The third-order valence-corrected chi connectivity index (χ3v) is 2.37. The van der Waals surface area contributed by atoms with E-state index in [0.717, 1.165) is 19.5 Å². The lowest BCUT2D eigenvalue weighted by Crippen LogP contribution is -2.11. The fourth-order valence-corrected chi connectivity index (χ4v) is 1.69. The van der Waals surface area contributed by atoms with Crippen LogP contribution in [0.3, 0.4) is 0 Å². The van der Waals surface area contributed by atoms with E-state index in [2.05, 4.69) is 10.3 Å². The van der Waals surface area contributed by atoms with Gasteiger partial charge in [0, 0.05) is 12.7 Å². The van der Waals surface area contributed by atoms with E-state index < -0.39 is 0 Å². The first-order valence-corrected chi connectivity index (χ1v) is 4.58. The van der Waals surface area contributed by atoms with Crippen molar-refractivity contribution in [1.82, 2.24) is 10.3 Å². The normalized spacial score (nSPS) is 16.8. The highest BCUT2D eigenvalue weighted by molar-refractivity contribution is 6.29. The zero-order valence-corrected chi connectivity index (χ0v) is 7.56. The molecule has 1 aliphatic heterocycles. The predicted molar refractivity (Wildman–Crippen MR) is 49.3 cm³/mol. The van der Waals surface area contributed by atoms with Crippen LogP contribution in [-0.2, 0) is 13.0 Å². The Balaban J connectivity index is 2.36. The summed E-state index contributed by atoms with van der Waals surface area (Å²) in [6.07, 6.45) is 4.20. The molecule has 0 radical (unpaired) electrons. The monoisotopic (exact) mass is 182 g/mol. The molecule has 0 saturated carbocycles. The lowest BCUT2D eigenvalue weighted by Gasteiger charge is -2.03.